The number of benzene rings is 2. The highest BCUT2D eigenvalue weighted by molar-refractivity contribution is 6.32. The Morgan fingerprint density at radius 3 is 2.86 bits per heavy atom. The second kappa shape index (κ2) is 13.2. The van der Waals surface area contributed by atoms with Crippen molar-refractivity contribution in [1.82, 2.24) is 20.3 Å². The van der Waals surface area contributed by atoms with Crippen LogP contribution in [0.5, 0.6) is 11.5 Å². The fourth-order valence-electron chi connectivity index (χ4n) is 4.89. The molecule has 2 fully saturated rings. The maximum atomic E-state index is 12.9. The van der Waals surface area contributed by atoms with Crippen molar-refractivity contribution in [3.05, 3.63) is 83.9 Å². The Kier molecular flexibility index (Phi) is 8.74. The molecule has 0 aliphatic carbocycles. The topological polar surface area (TPSA) is 120 Å². The lowest BCUT2D eigenvalue weighted by atomic mass is 10.1. The molecule has 3 N–H and O–H groups in total. The Morgan fingerprint density at radius 2 is 2.07 bits per heavy atom. The van der Waals surface area contributed by atoms with Crippen LogP contribution in [0.15, 0.2) is 73.2 Å². The van der Waals surface area contributed by atoms with Crippen molar-refractivity contribution in [3.8, 4) is 11.5 Å². The van der Waals surface area contributed by atoms with E-state index in [1.165, 1.54) is 6.33 Å². The number of pyridine rings is 1. The van der Waals surface area contributed by atoms with Gasteiger partial charge in [-0.1, -0.05) is 23.7 Å². The molecule has 1 unspecified atom stereocenters. The van der Waals surface area contributed by atoms with E-state index in [1.807, 2.05) is 42.5 Å². The number of hydrogen-bond donors (Lipinski definition) is 3. The number of hydrogen-bond acceptors (Lipinski definition) is 9. The molecule has 2 saturated heterocycles. The van der Waals surface area contributed by atoms with E-state index in [1.54, 1.807) is 24.4 Å². The number of halogens is 1. The third-order valence-electron chi connectivity index (χ3n) is 7.05. The van der Waals surface area contributed by atoms with Gasteiger partial charge in [0.25, 0.3) is 0 Å². The summed E-state index contributed by atoms with van der Waals surface area (Å²) in [7, 11) is 0. The van der Waals surface area contributed by atoms with Crippen molar-refractivity contribution in [2.45, 2.75) is 38.0 Å². The summed E-state index contributed by atoms with van der Waals surface area (Å²) in [4.78, 5) is 26.1. The average Bonchev–Trinajstić information content (AvgIpc) is 3.72. The molecule has 0 bridgehead atoms. The summed E-state index contributed by atoms with van der Waals surface area (Å²) < 4.78 is 17.6. The first-order valence-electron chi connectivity index (χ1n) is 14.0. The smallest absolute Gasteiger partial charge is 0.248 e. The molecule has 1 amide bonds. The normalized spacial score (nSPS) is 18.4. The van der Waals surface area contributed by atoms with Crippen LogP contribution in [0.4, 0.5) is 17.2 Å². The molecule has 2 atom stereocenters. The third-order valence-corrected chi connectivity index (χ3v) is 7.35. The van der Waals surface area contributed by atoms with E-state index in [0.29, 0.717) is 64.4 Å². The molecule has 42 heavy (non-hydrogen) atoms. The zero-order chi connectivity index (χ0) is 28.7. The summed E-state index contributed by atoms with van der Waals surface area (Å²) in [5, 5.41) is 10.8. The van der Waals surface area contributed by atoms with Gasteiger partial charge in [0, 0.05) is 41.9 Å². The van der Waals surface area contributed by atoms with Crippen molar-refractivity contribution in [2.75, 3.05) is 30.4 Å². The highest BCUT2D eigenvalue weighted by Gasteiger charge is 2.21. The van der Waals surface area contributed by atoms with Crippen LogP contribution < -0.4 is 25.4 Å². The highest BCUT2D eigenvalue weighted by atomic mass is 35.5. The molecule has 2 aromatic heterocycles. The van der Waals surface area contributed by atoms with Crippen LogP contribution in [0.25, 0.3) is 10.9 Å². The van der Waals surface area contributed by atoms with Crippen LogP contribution in [-0.2, 0) is 16.1 Å². The first-order chi connectivity index (χ1) is 20.6. The van der Waals surface area contributed by atoms with Gasteiger partial charge in [-0.2, -0.15) is 0 Å². The van der Waals surface area contributed by atoms with Gasteiger partial charge in [-0.3, -0.25) is 9.78 Å². The van der Waals surface area contributed by atoms with Gasteiger partial charge >= 0.3 is 0 Å². The number of amides is 1. The second-order valence-corrected chi connectivity index (χ2v) is 10.5. The lowest BCUT2D eigenvalue weighted by molar-refractivity contribution is -0.111. The van der Waals surface area contributed by atoms with E-state index in [2.05, 4.69) is 30.9 Å². The number of rotatable bonds is 10. The fraction of sp³-hybridized carbons (Fsp3) is 0.290. The quantitative estimate of drug-likeness (QED) is 0.209. The molecule has 6 rings (SSSR count). The van der Waals surface area contributed by atoms with E-state index in [4.69, 9.17) is 25.8 Å². The molecule has 2 aliphatic heterocycles. The fourth-order valence-corrected chi connectivity index (χ4v) is 5.12. The van der Waals surface area contributed by atoms with Gasteiger partial charge in [0.2, 0.25) is 5.91 Å². The summed E-state index contributed by atoms with van der Waals surface area (Å²) >= 11 is 6.54. The van der Waals surface area contributed by atoms with E-state index < -0.39 is 0 Å². The lowest BCUT2D eigenvalue weighted by Gasteiger charge is -2.18. The maximum Gasteiger partial charge on any atom is 0.248 e. The Hall–Kier alpha value is -4.25. The first kappa shape index (κ1) is 27.9. The van der Waals surface area contributed by atoms with Crippen molar-refractivity contribution in [3.63, 3.8) is 0 Å². The molecule has 10 nitrogen and oxygen atoms in total. The summed E-state index contributed by atoms with van der Waals surface area (Å²) in [6.45, 7) is 2.41. The van der Waals surface area contributed by atoms with Gasteiger partial charge in [0.05, 0.1) is 35.1 Å². The average molecular weight is 587 g/mol. The second-order valence-electron chi connectivity index (χ2n) is 10.1. The van der Waals surface area contributed by atoms with E-state index in [-0.39, 0.29) is 18.1 Å². The minimum Gasteiger partial charge on any atom is -0.486 e. The van der Waals surface area contributed by atoms with Crippen LogP contribution in [0.2, 0.25) is 5.02 Å². The van der Waals surface area contributed by atoms with Gasteiger partial charge in [-0.25, -0.2) is 9.97 Å². The Labute approximate surface area is 248 Å². The van der Waals surface area contributed by atoms with Crippen LogP contribution in [0, 0.1) is 0 Å². The summed E-state index contributed by atoms with van der Waals surface area (Å²) in [5.74, 6) is 1.38. The molecule has 216 valence electrons. The van der Waals surface area contributed by atoms with Crippen molar-refractivity contribution >= 4 is 45.6 Å². The summed E-state index contributed by atoms with van der Waals surface area (Å²) in [5.41, 5.74) is 2.70. The third kappa shape index (κ3) is 6.96. The molecule has 0 radical (unpaired) electrons. The Morgan fingerprint density at radius 1 is 1.12 bits per heavy atom. The van der Waals surface area contributed by atoms with Crippen LogP contribution >= 0.6 is 11.6 Å². The number of anilines is 3. The standard InChI is InChI=1S/C31H31ClN6O4/c32-25-14-21(6-8-28(25)41-17-22-4-1-2-11-34-22)37-31-24-15-27(38-30(39)9-7-20-5-3-12-33-20)29(16-26(24)35-19-36-31)42-23-10-13-40-18-23/h1-2,4,6-9,11,14-16,19-20,23,33H,3,5,10,12-13,17-18H2,(H,38,39)(H,35,36,37)/b9-7+/t20?,23-/m0/s1. The molecule has 4 aromatic rings. The predicted octanol–water partition coefficient (Wildman–Crippen LogP) is 5.42. The van der Waals surface area contributed by atoms with Gasteiger partial charge in [0.15, 0.2) is 0 Å². The largest absolute Gasteiger partial charge is 0.486 e. The number of carbonyl (C=O) groups is 1. The molecular formula is C31H31ClN6O4. The monoisotopic (exact) mass is 586 g/mol. The van der Waals surface area contributed by atoms with Crippen molar-refractivity contribution in [2.24, 2.45) is 0 Å². The molecule has 0 spiro atoms. The SMILES string of the molecule is O=C(/C=C/C1CCCN1)Nc1cc2c(Nc3ccc(OCc4ccccn4)c(Cl)c3)ncnc2cc1O[C@H]1CCOC1. The number of carbonyl (C=O) groups excluding carboxylic acids is 1. The molecule has 2 aliphatic rings. The number of nitrogens with one attached hydrogen (secondary N) is 3. The molecule has 4 heterocycles. The number of ether oxygens (including phenoxy) is 3. The first-order valence-corrected chi connectivity index (χ1v) is 14.3. The Balaban J connectivity index is 1.24. The minimum atomic E-state index is -0.241. The minimum absolute atomic E-state index is 0.101. The number of aromatic nitrogens is 3. The van der Waals surface area contributed by atoms with E-state index in [0.717, 1.165) is 31.5 Å². The molecule has 11 heteroatoms. The zero-order valence-electron chi connectivity index (χ0n) is 22.9. The Bertz CT molecular complexity index is 1570. The van der Waals surface area contributed by atoms with Crippen LogP contribution in [0.1, 0.15) is 25.0 Å². The number of fused-ring (bicyclic) bond motifs is 1. The zero-order valence-corrected chi connectivity index (χ0v) is 23.6. The van der Waals surface area contributed by atoms with Gasteiger partial charge in [0.1, 0.15) is 36.4 Å². The van der Waals surface area contributed by atoms with Crippen molar-refractivity contribution in [1.29, 1.82) is 0 Å². The van der Waals surface area contributed by atoms with Gasteiger partial charge in [-0.05, 0) is 55.8 Å². The van der Waals surface area contributed by atoms with E-state index >= 15 is 0 Å². The maximum absolute atomic E-state index is 12.9. The predicted molar refractivity (Wildman–Crippen MR) is 161 cm³/mol. The highest BCUT2D eigenvalue weighted by Crippen LogP contribution is 2.36. The van der Waals surface area contributed by atoms with Crippen molar-refractivity contribution < 1.29 is 19.0 Å². The molecular weight excluding hydrogens is 556 g/mol. The summed E-state index contributed by atoms with van der Waals surface area (Å²) in [6, 6.07) is 14.9. The molecule has 2 aromatic carbocycles. The van der Waals surface area contributed by atoms with Gasteiger partial charge < -0.3 is 30.2 Å². The van der Waals surface area contributed by atoms with Crippen LogP contribution in [-0.4, -0.2) is 52.8 Å². The van der Waals surface area contributed by atoms with Gasteiger partial charge in [-0.15, -0.1) is 0 Å². The lowest BCUT2D eigenvalue weighted by Crippen LogP contribution is -2.20. The summed E-state index contributed by atoms with van der Waals surface area (Å²) in [6.07, 6.45) is 9.46. The van der Waals surface area contributed by atoms with E-state index in [9.17, 15) is 4.79 Å². The molecule has 0 saturated carbocycles. The van der Waals surface area contributed by atoms with Crippen LogP contribution in [0.3, 0.4) is 0 Å². The number of nitrogens with zero attached hydrogens (tertiary/aromatic N) is 3.